The van der Waals surface area contributed by atoms with Gasteiger partial charge in [-0.3, -0.25) is 4.79 Å². The Morgan fingerprint density at radius 1 is 1.43 bits per heavy atom. The highest BCUT2D eigenvalue weighted by Crippen LogP contribution is 2.23. The molecule has 5 nitrogen and oxygen atoms in total. The highest BCUT2D eigenvalue weighted by atomic mass is 16.5. The topological polar surface area (TPSA) is 77.2 Å². The number of nitrogens with two attached hydrogens (primary N) is 1. The Balaban J connectivity index is 2.02. The number of aromatic nitrogens is 1. The number of nitrogens with one attached hydrogen (secondary N) is 1. The summed E-state index contributed by atoms with van der Waals surface area (Å²) in [5.74, 6) is 0.891. The summed E-state index contributed by atoms with van der Waals surface area (Å²) in [6, 6.07) is 9.03. The normalized spacial score (nSPS) is 10.5. The second kappa shape index (κ2) is 7.79. The second-order valence-electron chi connectivity index (χ2n) is 4.89. The molecule has 1 amide bonds. The molecule has 0 aliphatic heterocycles. The molecule has 1 heterocycles. The van der Waals surface area contributed by atoms with Gasteiger partial charge in [-0.05, 0) is 42.3 Å². The van der Waals surface area contributed by atoms with Gasteiger partial charge in [-0.1, -0.05) is 24.8 Å². The van der Waals surface area contributed by atoms with Gasteiger partial charge in [0.25, 0.3) is 0 Å². The summed E-state index contributed by atoms with van der Waals surface area (Å²) in [6.07, 6.45) is 6.40. The van der Waals surface area contributed by atoms with Gasteiger partial charge in [-0.15, -0.1) is 0 Å². The molecule has 1 aromatic heterocycles. The Morgan fingerprint density at radius 3 is 2.96 bits per heavy atom. The van der Waals surface area contributed by atoms with Gasteiger partial charge in [-0.2, -0.15) is 0 Å². The Labute approximate surface area is 135 Å². The molecule has 0 radical (unpaired) electrons. The van der Waals surface area contributed by atoms with E-state index in [1.165, 1.54) is 6.08 Å². The van der Waals surface area contributed by atoms with Crippen LogP contribution in [0.2, 0.25) is 0 Å². The summed E-state index contributed by atoms with van der Waals surface area (Å²) in [5, 5.41) is 2.73. The van der Waals surface area contributed by atoms with Gasteiger partial charge in [0, 0.05) is 12.3 Å². The molecule has 0 unspecified atom stereocenters. The van der Waals surface area contributed by atoms with E-state index in [0.29, 0.717) is 23.9 Å². The lowest BCUT2D eigenvalue weighted by Crippen LogP contribution is -2.10. The van der Waals surface area contributed by atoms with E-state index in [1.807, 2.05) is 25.1 Å². The van der Waals surface area contributed by atoms with Gasteiger partial charge >= 0.3 is 0 Å². The molecule has 0 fully saturated rings. The fourth-order valence-electron chi connectivity index (χ4n) is 1.90. The van der Waals surface area contributed by atoms with Gasteiger partial charge in [0.1, 0.15) is 18.2 Å². The lowest BCUT2D eigenvalue weighted by atomic mass is 10.1. The van der Waals surface area contributed by atoms with Crippen molar-refractivity contribution in [3.8, 4) is 5.75 Å². The first-order valence-corrected chi connectivity index (χ1v) is 7.14. The predicted octanol–water partition coefficient (Wildman–Crippen LogP) is 3.19. The van der Waals surface area contributed by atoms with Crippen LogP contribution in [0.25, 0.3) is 6.08 Å². The molecular weight excluding hydrogens is 290 g/mol. The third-order valence-electron chi connectivity index (χ3n) is 3.07. The molecule has 1 aromatic carbocycles. The van der Waals surface area contributed by atoms with Crippen molar-refractivity contribution in [3.63, 3.8) is 0 Å². The van der Waals surface area contributed by atoms with E-state index >= 15 is 0 Å². The quantitative estimate of drug-likeness (QED) is 0.488. The van der Waals surface area contributed by atoms with Crippen LogP contribution in [0, 0.1) is 6.92 Å². The van der Waals surface area contributed by atoms with Crippen molar-refractivity contribution >= 4 is 23.5 Å². The summed E-state index contributed by atoms with van der Waals surface area (Å²) < 4.78 is 5.40. The number of ether oxygens (including phenoxy) is 1. The van der Waals surface area contributed by atoms with Crippen LogP contribution in [0.15, 0.2) is 55.3 Å². The molecule has 0 aliphatic rings. The summed E-state index contributed by atoms with van der Waals surface area (Å²) in [5.41, 5.74) is 8.13. The number of rotatable bonds is 6. The largest absolute Gasteiger partial charge is 0.487 e. The van der Waals surface area contributed by atoms with E-state index in [-0.39, 0.29) is 5.91 Å². The van der Waals surface area contributed by atoms with Crippen molar-refractivity contribution in [2.45, 2.75) is 6.92 Å². The number of hydrogen-bond acceptors (Lipinski definition) is 4. The number of aryl methyl sites for hydroxylation is 1. The number of amides is 1. The van der Waals surface area contributed by atoms with Crippen molar-refractivity contribution in [2.75, 3.05) is 17.7 Å². The zero-order chi connectivity index (χ0) is 16.7. The lowest BCUT2D eigenvalue weighted by Gasteiger charge is -2.07. The molecule has 0 spiro atoms. The van der Waals surface area contributed by atoms with Crippen LogP contribution in [0.5, 0.6) is 5.75 Å². The number of carbonyl (C=O) groups excluding carboxylic acids is 1. The molecule has 2 aromatic rings. The van der Waals surface area contributed by atoms with Gasteiger partial charge in [0.05, 0.1) is 5.69 Å². The molecule has 0 atom stereocenters. The standard InChI is InChI=1S/C18H19N3O2/c1-3-11-23-16-8-6-14(12-15(16)19)7-9-17(22)21-18-13(2)5-4-10-20-18/h3-10,12H,1,11,19H2,2H3,(H,20,21,22)/b9-7-. The average molecular weight is 309 g/mol. The van der Waals surface area contributed by atoms with Gasteiger partial charge < -0.3 is 15.8 Å². The maximum atomic E-state index is 11.9. The third kappa shape index (κ3) is 4.71. The van der Waals surface area contributed by atoms with Crippen molar-refractivity contribution in [1.82, 2.24) is 4.98 Å². The minimum absolute atomic E-state index is 0.252. The fraction of sp³-hybridized carbons (Fsp3) is 0.111. The van der Waals surface area contributed by atoms with E-state index in [4.69, 9.17) is 10.5 Å². The number of anilines is 2. The van der Waals surface area contributed by atoms with Crippen LogP contribution in [0.1, 0.15) is 11.1 Å². The molecule has 0 saturated carbocycles. The van der Waals surface area contributed by atoms with Crippen LogP contribution >= 0.6 is 0 Å². The zero-order valence-corrected chi connectivity index (χ0v) is 13.0. The molecular formula is C18H19N3O2. The summed E-state index contributed by atoms with van der Waals surface area (Å²) in [4.78, 5) is 16.0. The molecule has 0 saturated heterocycles. The van der Waals surface area contributed by atoms with Crippen molar-refractivity contribution in [2.24, 2.45) is 0 Å². The maximum absolute atomic E-state index is 11.9. The monoisotopic (exact) mass is 309 g/mol. The van der Waals surface area contributed by atoms with E-state index in [0.717, 1.165) is 11.1 Å². The zero-order valence-electron chi connectivity index (χ0n) is 13.0. The van der Waals surface area contributed by atoms with E-state index in [2.05, 4.69) is 16.9 Å². The molecule has 0 aliphatic carbocycles. The molecule has 2 rings (SSSR count). The molecule has 5 heteroatoms. The summed E-state index contributed by atoms with van der Waals surface area (Å²) in [7, 11) is 0. The Kier molecular flexibility index (Phi) is 5.52. The van der Waals surface area contributed by atoms with Gasteiger partial charge in [0.2, 0.25) is 5.91 Å². The number of pyridine rings is 1. The van der Waals surface area contributed by atoms with Crippen molar-refractivity contribution < 1.29 is 9.53 Å². The molecule has 23 heavy (non-hydrogen) atoms. The van der Waals surface area contributed by atoms with Gasteiger partial charge in [0.15, 0.2) is 0 Å². The fourth-order valence-corrected chi connectivity index (χ4v) is 1.90. The maximum Gasteiger partial charge on any atom is 0.249 e. The number of nitrogen functional groups attached to an aromatic ring is 1. The molecule has 0 bridgehead atoms. The van der Waals surface area contributed by atoms with Gasteiger partial charge in [-0.25, -0.2) is 4.98 Å². The second-order valence-corrected chi connectivity index (χ2v) is 4.89. The molecule has 118 valence electrons. The first-order chi connectivity index (χ1) is 11.1. The lowest BCUT2D eigenvalue weighted by molar-refractivity contribution is -0.111. The first kappa shape index (κ1) is 16.3. The first-order valence-electron chi connectivity index (χ1n) is 7.14. The highest BCUT2D eigenvalue weighted by molar-refractivity contribution is 6.01. The summed E-state index contributed by atoms with van der Waals surface area (Å²) in [6.45, 7) is 5.86. The Bertz CT molecular complexity index is 739. The Hall–Kier alpha value is -3.08. The number of hydrogen-bond donors (Lipinski definition) is 2. The van der Waals surface area contributed by atoms with Crippen LogP contribution in [0.3, 0.4) is 0 Å². The Morgan fingerprint density at radius 2 is 2.26 bits per heavy atom. The van der Waals surface area contributed by atoms with Crippen molar-refractivity contribution in [3.05, 3.63) is 66.4 Å². The summed E-state index contributed by atoms with van der Waals surface area (Å²) >= 11 is 0. The molecule has 3 N–H and O–H groups in total. The number of carbonyl (C=O) groups is 1. The third-order valence-corrected chi connectivity index (χ3v) is 3.07. The highest BCUT2D eigenvalue weighted by Gasteiger charge is 2.03. The number of benzene rings is 1. The van der Waals surface area contributed by atoms with E-state index in [9.17, 15) is 4.79 Å². The van der Waals surface area contributed by atoms with Crippen LogP contribution in [-0.4, -0.2) is 17.5 Å². The van der Waals surface area contributed by atoms with Crippen LogP contribution in [0.4, 0.5) is 11.5 Å². The SMILES string of the molecule is C=CCOc1ccc(/C=C\C(=O)Nc2ncccc2C)cc1N. The minimum atomic E-state index is -0.252. The minimum Gasteiger partial charge on any atom is -0.487 e. The van der Waals surface area contributed by atoms with Crippen LogP contribution < -0.4 is 15.8 Å². The average Bonchev–Trinajstić information content (AvgIpc) is 2.54. The van der Waals surface area contributed by atoms with Crippen molar-refractivity contribution in [1.29, 1.82) is 0 Å². The predicted molar refractivity (Wildman–Crippen MR) is 93.2 cm³/mol. The van der Waals surface area contributed by atoms with E-state index < -0.39 is 0 Å². The van der Waals surface area contributed by atoms with E-state index in [1.54, 1.807) is 30.5 Å². The van der Waals surface area contributed by atoms with Crippen LogP contribution in [-0.2, 0) is 4.79 Å². The smallest absolute Gasteiger partial charge is 0.249 e. The number of nitrogens with zero attached hydrogens (tertiary/aromatic N) is 1.